The summed E-state index contributed by atoms with van der Waals surface area (Å²) >= 11 is 0. The quantitative estimate of drug-likeness (QED) is 0.392. The molecule has 0 spiro atoms. The molecule has 0 unspecified atom stereocenters. The maximum Gasteiger partial charge on any atom is 0.345 e. The predicted octanol–water partition coefficient (Wildman–Crippen LogP) is 6.26. The van der Waals surface area contributed by atoms with Crippen LogP contribution in [0.25, 0.3) is 11.1 Å². The fourth-order valence-electron chi connectivity index (χ4n) is 3.58. The highest BCUT2D eigenvalue weighted by molar-refractivity contribution is 6.03. The second kappa shape index (κ2) is 6.43. The Hall–Kier alpha value is -3.79. The van der Waals surface area contributed by atoms with Crippen LogP contribution in [0, 0.1) is 6.92 Å². The molecule has 1 aliphatic heterocycles. The molecule has 5 rings (SSSR count). The first-order valence-electron chi connectivity index (χ1n) is 9.08. The van der Waals surface area contributed by atoms with Gasteiger partial charge in [0.1, 0.15) is 5.76 Å². The van der Waals surface area contributed by atoms with Crippen molar-refractivity contribution in [1.29, 1.82) is 0 Å². The fraction of sp³-hybridized carbons (Fsp3) is 0.0417. The van der Waals surface area contributed by atoms with E-state index in [-0.39, 0.29) is 0 Å². The van der Waals surface area contributed by atoms with Crippen LogP contribution in [0.4, 0.5) is 17.3 Å². The van der Waals surface area contributed by atoms with Gasteiger partial charge in [0.25, 0.3) is 0 Å². The van der Waals surface area contributed by atoms with Crippen molar-refractivity contribution in [3.05, 3.63) is 96.3 Å². The minimum atomic E-state index is -0.391. The van der Waals surface area contributed by atoms with E-state index in [0.717, 1.165) is 22.5 Å². The average Bonchev–Trinajstić information content (AvgIpc) is 3.04. The van der Waals surface area contributed by atoms with Gasteiger partial charge in [-0.05, 0) is 30.7 Å². The van der Waals surface area contributed by atoms with Gasteiger partial charge in [-0.1, -0.05) is 60.7 Å². The van der Waals surface area contributed by atoms with Gasteiger partial charge in [0.15, 0.2) is 5.75 Å². The molecular weight excluding hydrogens is 350 g/mol. The third-order valence-electron chi connectivity index (χ3n) is 4.80. The number of anilines is 3. The Morgan fingerprint density at radius 2 is 1.36 bits per heavy atom. The highest BCUT2D eigenvalue weighted by atomic mass is 16.5. The minimum absolute atomic E-state index is 0.391. The van der Waals surface area contributed by atoms with Crippen molar-refractivity contribution in [3.8, 4) is 16.9 Å². The number of ether oxygens (including phenoxy) is 1. The summed E-state index contributed by atoms with van der Waals surface area (Å²) in [6.07, 6.45) is 0. The summed E-state index contributed by atoms with van der Waals surface area (Å²) in [6, 6.07) is 27.4. The molecule has 0 radical (unpaired) electrons. The molecule has 28 heavy (non-hydrogen) atoms. The molecule has 2 heterocycles. The van der Waals surface area contributed by atoms with E-state index in [2.05, 4.69) is 18.2 Å². The van der Waals surface area contributed by atoms with E-state index in [1.165, 1.54) is 0 Å². The summed E-state index contributed by atoms with van der Waals surface area (Å²) in [4.78, 5) is 14.7. The van der Waals surface area contributed by atoms with Gasteiger partial charge in [0.05, 0.1) is 16.9 Å². The lowest BCUT2D eigenvalue weighted by Crippen LogP contribution is -2.12. The van der Waals surface area contributed by atoms with Crippen LogP contribution in [0.5, 0.6) is 5.75 Å². The van der Waals surface area contributed by atoms with Crippen LogP contribution < -0.4 is 9.64 Å². The summed E-state index contributed by atoms with van der Waals surface area (Å²) in [5.41, 5.74) is 4.25. The molecule has 0 saturated heterocycles. The van der Waals surface area contributed by atoms with Gasteiger partial charge >= 0.3 is 5.97 Å². The van der Waals surface area contributed by atoms with Gasteiger partial charge in [0, 0.05) is 11.6 Å². The Kier molecular flexibility index (Phi) is 3.76. The van der Waals surface area contributed by atoms with E-state index in [1.807, 2.05) is 66.4 Å². The number of benzene rings is 3. The summed E-state index contributed by atoms with van der Waals surface area (Å²) in [5.74, 6) is 1.21. The summed E-state index contributed by atoms with van der Waals surface area (Å²) in [7, 11) is 0. The van der Waals surface area contributed by atoms with Crippen LogP contribution in [-0.4, -0.2) is 5.97 Å². The molecule has 4 nitrogen and oxygen atoms in total. The van der Waals surface area contributed by atoms with Gasteiger partial charge in [-0.25, -0.2) is 4.79 Å². The van der Waals surface area contributed by atoms with Crippen LogP contribution in [0.1, 0.15) is 16.1 Å². The molecule has 0 bridgehead atoms. The van der Waals surface area contributed by atoms with Crippen molar-refractivity contribution < 1.29 is 13.9 Å². The zero-order chi connectivity index (χ0) is 19.1. The molecular formula is C24H17NO3. The van der Waals surface area contributed by atoms with E-state index < -0.39 is 5.97 Å². The number of aryl methyl sites for hydroxylation is 1. The molecule has 4 aromatic rings. The van der Waals surface area contributed by atoms with Crippen LogP contribution >= 0.6 is 0 Å². The van der Waals surface area contributed by atoms with Crippen molar-refractivity contribution in [3.63, 3.8) is 0 Å². The second-order valence-corrected chi connectivity index (χ2v) is 6.65. The molecule has 1 aromatic heterocycles. The van der Waals surface area contributed by atoms with Gasteiger partial charge in [0.2, 0.25) is 5.88 Å². The number of carbonyl (C=O) groups excluding carboxylic acids is 1. The average molecular weight is 367 g/mol. The molecule has 4 heteroatoms. The van der Waals surface area contributed by atoms with E-state index in [0.29, 0.717) is 23.0 Å². The molecule has 136 valence electrons. The number of hydrogen-bond donors (Lipinski definition) is 0. The van der Waals surface area contributed by atoms with Gasteiger partial charge in [-0.15, -0.1) is 0 Å². The molecule has 0 aliphatic carbocycles. The van der Waals surface area contributed by atoms with Gasteiger partial charge < -0.3 is 9.15 Å². The molecule has 0 N–H and O–H groups in total. The van der Waals surface area contributed by atoms with Gasteiger partial charge in [-0.2, -0.15) is 0 Å². The Morgan fingerprint density at radius 3 is 2.11 bits per heavy atom. The number of nitrogens with zero attached hydrogens (tertiary/aromatic N) is 1. The van der Waals surface area contributed by atoms with Crippen molar-refractivity contribution in [1.82, 2.24) is 0 Å². The highest BCUT2D eigenvalue weighted by Gasteiger charge is 2.32. The molecule has 0 saturated carbocycles. The maximum atomic E-state index is 12.7. The number of furan rings is 1. The smallest absolute Gasteiger partial charge is 0.345 e. The van der Waals surface area contributed by atoms with E-state index in [1.54, 1.807) is 12.1 Å². The number of carbonyl (C=O) groups is 1. The molecule has 0 atom stereocenters. The Labute approximate surface area is 162 Å². The first-order valence-corrected chi connectivity index (χ1v) is 9.08. The standard InChI is InChI=1S/C24H17NO3/c1-16-15-22-23(27-16)25(21-14-8-6-12-19(21)24(26)28-22)20-13-7-5-11-18(20)17-9-3-2-4-10-17/h2-15H,1H3. The monoisotopic (exact) mass is 367 g/mol. The number of esters is 1. The van der Waals surface area contributed by atoms with Crippen LogP contribution in [-0.2, 0) is 0 Å². The van der Waals surface area contributed by atoms with Crippen LogP contribution in [0.2, 0.25) is 0 Å². The second-order valence-electron chi connectivity index (χ2n) is 6.65. The topological polar surface area (TPSA) is 42.7 Å². The zero-order valence-corrected chi connectivity index (χ0v) is 15.3. The Morgan fingerprint density at radius 1 is 0.750 bits per heavy atom. The van der Waals surface area contributed by atoms with Gasteiger partial charge in [-0.3, -0.25) is 4.90 Å². The van der Waals surface area contributed by atoms with E-state index in [4.69, 9.17) is 9.15 Å². The number of rotatable bonds is 2. The number of fused-ring (bicyclic) bond motifs is 2. The fourth-order valence-corrected chi connectivity index (χ4v) is 3.58. The lowest BCUT2D eigenvalue weighted by Gasteiger charge is -2.25. The van der Waals surface area contributed by atoms with Crippen LogP contribution in [0.3, 0.4) is 0 Å². The highest BCUT2D eigenvalue weighted by Crippen LogP contribution is 2.48. The van der Waals surface area contributed by atoms with Crippen LogP contribution in [0.15, 0.2) is 89.3 Å². The summed E-state index contributed by atoms with van der Waals surface area (Å²) < 4.78 is 11.6. The number of hydrogen-bond acceptors (Lipinski definition) is 4. The zero-order valence-electron chi connectivity index (χ0n) is 15.3. The Balaban J connectivity index is 1.82. The Bertz CT molecular complexity index is 1180. The minimum Gasteiger partial charge on any atom is -0.442 e. The van der Waals surface area contributed by atoms with Crippen molar-refractivity contribution in [2.24, 2.45) is 0 Å². The molecule has 3 aromatic carbocycles. The first-order chi connectivity index (χ1) is 13.7. The largest absolute Gasteiger partial charge is 0.442 e. The lowest BCUT2D eigenvalue weighted by molar-refractivity contribution is 0.0738. The molecule has 0 fully saturated rings. The molecule has 1 aliphatic rings. The van der Waals surface area contributed by atoms with E-state index in [9.17, 15) is 4.79 Å². The predicted molar refractivity (Wildman–Crippen MR) is 109 cm³/mol. The normalized spacial score (nSPS) is 12.8. The lowest BCUT2D eigenvalue weighted by atomic mass is 10.0. The first kappa shape index (κ1) is 16.4. The van der Waals surface area contributed by atoms with E-state index >= 15 is 0 Å². The van der Waals surface area contributed by atoms with Crippen molar-refractivity contribution >= 4 is 23.2 Å². The summed E-state index contributed by atoms with van der Waals surface area (Å²) in [6.45, 7) is 1.84. The number of para-hydroxylation sites is 2. The molecule has 0 amide bonds. The maximum absolute atomic E-state index is 12.7. The summed E-state index contributed by atoms with van der Waals surface area (Å²) in [5, 5.41) is 0. The van der Waals surface area contributed by atoms with Crippen molar-refractivity contribution in [2.75, 3.05) is 4.90 Å². The third kappa shape index (κ3) is 2.58. The SMILES string of the molecule is Cc1cc2c(o1)N(c1ccccc1-c1ccccc1)c1ccccc1C(=O)O2. The van der Waals surface area contributed by atoms with Crippen molar-refractivity contribution in [2.45, 2.75) is 6.92 Å². The third-order valence-corrected chi connectivity index (χ3v) is 4.80.